The average molecular weight is 278 g/mol. The molecule has 0 aliphatic carbocycles. The van der Waals surface area contributed by atoms with Crippen LogP contribution in [0.4, 0.5) is 4.79 Å². The molecule has 1 amide bonds. The van der Waals surface area contributed by atoms with Gasteiger partial charge in [-0.3, -0.25) is 0 Å². The number of amides is 1. The molecule has 0 aromatic heterocycles. The monoisotopic (exact) mass is 278 g/mol. The highest BCUT2D eigenvalue weighted by Crippen LogP contribution is 2.21. The van der Waals surface area contributed by atoms with E-state index in [0.29, 0.717) is 13.0 Å². The van der Waals surface area contributed by atoms with Crippen molar-refractivity contribution in [1.29, 1.82) is 0 Å². The molecule has 0 aromatic rings. The molecule has 1 heterocycles. The largest absolute Gasteiger partial charge is 0.444 e. The van der Waals surface area contributed by atoms with E-state index < -0.39 is 21.5 Å². The van der Waals surface area contributed by atoms with Gasteiger partial charge in [0.15, 0.2) is 0 Å². The van der Waals surface area contributed by atoms with Crippen molar-refractivity contribution in [2.75, 3.05) is 18.6 Å². The Morgan fingerprint density at radius 1 is 1.44 bits per heavy atom. The highest BCUT2D eigenvalue weighted by atomic mass is 32.2. The van der Waals surface area contributed by atoms with Gasteiger partial charge in [-0.1, -0.05) is 0 Å². The van der Waals surface area contributed by atoms with Crippen LogP contribution in [0.25, 0.3) is 0 Å². The summed E-state index contributed by atoms with van der Waals surface area (Å²) in [7, 11) is -3.15. The number of sulfone groups is 1. The summed E-state index contributed by atoms with van der Waals surface area (Å²) in [5.41, 5.74) is 5.19. The van der Waals surface area contributed by atoms with Gasteiger partial charge in [-0.15, -0.1) is 0 Å². The quantitative estimate of drug-likeness (QED) is 0.788. The Balaban J connectivity index is 2.76. The zero-order chi connectivity index (χ0) is 14.1. The van der Waals surface area contributed by atoms with Gasteiger partial charge in [0.1, 0.15) is 15.4 Å². The fourth-order valence-corrected chi connectivity index (χ4v) is 3.02. The second-order valence-electron chi connectivity index (χ2n) is 5.87. The van der Waals surface area contributed by atoms with Gasteiger partial charge in [0, 0.05) is 18.8 Å². The van der Waals surface area contributed by atoms with Gasteiger partial charge in [0.25, 0.3) is 0 Å². The number of rotatable bonds is 2. The van der Waals surface area contributed by atoms with Gasteiger partial charge in [0.2, 0.25) is 0 Å². The second-order valence-corrected chi connectivity index (χ2v) is 8.06. The summed E-state index contributed by atoms with van der Waals surface area (Å²) in [6.07, 6.45) is 1.15. The Morgan fingerprint density at radius 2 is 2.00 bits per heavy atom. The smallest absolute Gasteiger partial charge is 0.410 e. The predicted octanol–water partition coefficient (Wildman–Crippen LogP) is 0.368. The molecule has 2 N–H and O–H groups in total. The van der Waals surface area contributed by atoms with Crippen LogP contribution in [0.5, 0.6) is 0 Å². The third-order valence-corrected chi connectivity index (χ3v) is 3.56. The van der Waals surface area contributed by atoms with Gasteiger partial charge >= 0.3 is 6.09 Å². The molecule has 0 unspecified atom stereocenters. The highest BCUT2D eigenvalue weighted by molar-refractivity contribution is 7.90. The predicted molar refractivity (Wildman–Crippen MR) is 69.0 cm³/mol. The number of hydrogen-bond donors (Lipinski definition) is 1. The van der Waals surface area contributed by atoms with Crippen molar-refractivity contribution in [3.63, 3.8) is 0 Å². The van der Waals surface area contributed by atoms with Crippen LogP contribution >= 0.6 is 0 Å². The van der Waals surface area contributed by atoms with E-state index in [1.54, 1.807) is 20.8 Å². The second kappa shape index (κ2) is 5.05. The van der Waals surface area contributed by atoms with Crippen LogP contribution in [0.15, 0.2) is 0 Å². The van der Waals surface area contributed by atoms with Gasteiger partial charge in [-0.25, -0.2) is 13.2 Å². The Morgan fingerprint density at radius 3 is 2.44 bits per heavy atom. The van der Waals surface area contributed by atoms with Gasteiger partial charge in [-0.2, -0.15) is 0 Å². The van der Waals surface area contributed by atoms with Crippen molar-refractivity contribution in [2.45, 2.75) is 44.9 Å². The average Bonchev–Trinajstić information content (AvgIpc) is 2.40. The molecule has 1 aliphatic rings. The van der Waals surface area contributed by atoms with Crippen molar-refractivity contribution >= 4 is 15.9 Å². The normalized spacial score (nSPS) is 25.3. The van der Waals surface area contributed by atoms with Crippen molar-refractivity contribution in [1.82, 2.24) is 4.90 Å². The lowest BCUT2D eigenvalue weighted by atomic mass is 10.2. The molecular formula is C11H22N2O4S. The highest BCUT2D eigenvalue weighted by Gasteiger charge is 2.37. The number of carbonyl (C=O) groups excluding carboxylic acids is 1. The van der Waals surface area contributed by atoms with E-state index in [9.17, 15) is 13.2 Å². The molecule has 1 fully saturated rings. The molecule has 0 radical (unpaired) electrons. The minimum Gasteiger partial charge on any atom is -0.444 e. The SMILES string of the molecule is CC(C)(C)OC(=O)N1C[C@H](N)C[C@H]1CS(C)(=O)=O. The maximum absolute atomic E-state index is 12.0. The molecule has 106 valence electrons. The van der Waals surface area contributed by atoms with Crippen molar-refractivity contribution in [2.24, 2.45) is 5.73 Å². The first-order chi connectivity index (χ1) is 7.98. The number of hydrogen-bond acceptors (Lipinski definition) is 5. The molecule has 0 spiro atoms. The minimum atomic E-state index is -3.15. The maximum Gasteiger partial charge on any atom is 0.410 e. The van der Waals surface area contributed by atoms with Crippen LogP contribution in [0.3, 0.4) is 0 Å². The van der Waals surface area contributed by atoms with Gasteiger partial charge in [0.05, 0.1) is 11.8 Å². The zero-order valence-electron chi connectivity index (χ0n) is 11.3. The number of carbonyl (C=O) groups is 1. The lowest BCUT2D eigenvalue weighted by molar-refractivity contribution is 0.0239. The minimum absolute atomic E-state index is 0.0695. The summed E-state index contributed by atoms with van der Waals surface area (Å²) in [5, 5.41) is 0. The Kier molecular flexibility index (Phi) is 4.27. The molecular weight excluding hydrogens is 256 g/mol. The molecule has 2 atom stereocenters. The zero-order valence-corrected chi connectivity index (χ0v) is 12.2. The summed E-state index contributed by atoms with van der Waals surface area (Å²) in [6.45, 7) is 5.65. The summed E-state index contributed by atoms with van der Waals surface area (Å²) >= 11 is 0. The fraction of sp³-hybridized carbons (Fsp3) is 0.909. The van der Waals surface area contributed by atoms with E-state index in [1.807, 2.05) is 0 Å². The Bertz CT molecular complexity index is 413. The topological polar surface area (TPSA) is 89.7 Å². The summed E-state index contributed by atoms with van der Waals surface area (Å²) in [4.78, 5) is 13.4. The fourth-order valence-electron chi connectivity index (χ4n) is 2.00. The summed E-state index contributed by atoms with van der Waals surface area (Å²) < 4.78 is 27.9. The van der Waals surface area contributed by atoms with Gasteiger partial charge in [-0.05, 0) is 27.2 Å². The molecule has 0 aromatic carbocycles. The van der Waals surface area contributed by atoms with E-state index in [4.69, 9.17) is 10.5 Å². The Labute approximate surface area is 108 Å². The third-order valence-electron chi connectivity index (χ3n) is 2.57. The van der Waals surface area contributed by atoms with Crippen molar-refractivity contribution < 1.29 is 17.9 Å². The van der Waals surface area contributed by atoms with E-state index in [2.05, 4.69) is 0 Å². The lowest BCUT2D eigenvalue weighted by Gasteiger charge is -2.28. The van der Waals surface area contributed by atoms with E-state index in [1.165, 1.54) is 4.90 Å². The first-order valence-electron chi connectivity index (χ1n) is 5.91. The van der Waals surface area contributed by atoms with Gasteiger partial charge < -0.3 is 15.4 Å². The molecule has 0 saturated carbocycles. The van der Waals surface area contributed by atoms with Crippen molar-refractivity contribution in [3.05, 3.63) is 0 Å². The number of nitrogens with two attached hydrogens (primary N) is 1. The molecule has 18 heavy (non-hydrogen) atoms. The first-order valence-corrected chi connectivity index (χ1v) is 7.97. The van der Waals surface area contributed by atoms with Crippen LogP contribution in [0, 0.1) is 0 Å². The first kappa shape index (κ1) is 15.2. The lowest BCUT2D eigenvalue weighted by Crippen LogP contribution is -2.43. The van der Waals surface area contributed by atoms with Crippen molar-refractivity contribution in [3.8, 4) is 0 Å². The number of nitrogens with zero attached hydrogens (tertiary/aromatic N) is 1. The van der Waals surface area contributed by atoms with Crippen LogP contribution in [0.1, 0.15) is 27.2 Å². The number of ether oxygens (including phenoxy) is 1. The summed E-state index contributed by atoms with van der Waals surface area (Å²) in [6, 6.07) is -0.575. The molecule has 6 nitrogen and oxygen atoms in total. The third kappa shape index (κ3) is 4.81. The van der Waals surface area contributed by atoms with Crippen LogP contribution in [0.2, 0.25) is 0 Å². The number of likely N-dealkylation sites (tertiary alicyclic amines) is 1. The van der Waals surface area contributed by atoms with Crippen LogP contribution in [-0.2, 0) is 14.6 Å². The standard InChI is InChI=1S/C11H22N2O4S/c1-11(2,3)17-10(14)13-6-8(12)5-9(13)7-18(4,15)16/h8-9H,5-7,12H2,1-4H3/t8-,9+/m1/s1. The molecule has 0 bridgehead atoms. The molecule has 1 aliphatic heterocycles. The molecule has 7 heteroatoms. The van der Waals surface area contributed by atoms with Crippen LogP contribution in [-0.4, -0.2) is 55.6 Å². The maximum atomic E-state index is 12.0. The molecule has 1 saturated heterocycles. The van der Waals surface area contributed by atoms with E-state index in [0.717, 1.165) is 6.26 Å². The van der Waals surface area contributed by atoms with Crippen LogP contribution < -0.4 is 5.73 Å². The molecule has 1 rings (SSSR count). The van der Waals surface area contributed by atoms with E-state index in [-0.39, 0.29) is 17.8 Å². The summed E-state index contributed by atoms with van der Waals surface area (Å²) in [5.74, 6) is -0.0695. The Hall–Kier alpha value is -0.820. The van der Waals surface area contributed by atoms with E-state index >= 15 is 0 Å².